The van der Waals surface area contributed by atoms with Gasteiger partial charge in [-0.1, -0.05) is 77.8 Å². The van der Waals surface area contributed by atoms with Crippen LogP contribution in [-0.2, 0) is 14.3 Å². The molecule has 4 aromatic rings. The Bertz CT molecular complexity index is 1720. The normalized spacial score (nSPS) is 18.0. The number of imide groups is 1. The molecule has 204 valence electrons. The number of hydrogen-bond acceptors (Lipinski definition) is 6. The minimum Gasteiger partial charge on any atom is -0.454 e. The number of Topliss-reactive ketones (excluding diaryl/α,β-unsaturated/α-hetero) is 1. The summed E-state index contributed by atoms with van der Waals surface area (Å²) in [6, 6.07) is 20.6. The van der Waals surface area contributed by atoms with Crippen LogP contribution in [0, 0.1) is 18.8 Å². The summed E-state index contributed by atoms with van der Waals surface area (Å²) < 4.78 is 5.42. The Morgan fingerprint density at radius 2 is 1.59 bits per heavy atom. The Balaban J connectivity index is 1.29. The van der Waals surface area contributed by atoms with Crippen molar-refractivity contribution in [3.63, 3.8) is 0 Å². The van der Waals surface area contributed by atoms with Crippen LogP contribution in [0.15, 0.2) is 84.9 Å². The molecule has 1 saturated heterocycles. The molecule has 1 fully saturated rings. The van der Waals surface area contributed by atoms with Crippen LogP contribution in [0.25, 0.3) is 22.2 Å². The fourth-order valence-corrected chi connectivity index (χ4v) is 5.61. The van der Waals surface area contributed by atoms with Gasteiger partial charge in [0.2, 0.25) is 11.8 Å². The van der Waals surface area contributed by atoms with Crippen LogP contribution in [-0.4, -0.2) is 35.2 Å². The third-order valence-corrected chi connectivity index (χ3v) is 7.95. The van der Waals surface area contributed by atoms with E-state index in [1.165, 1.54) is 4.90 Å². The molecule has 0 unspecified atom stereocenters. The van der Waals surface area contributed by atoms with Crippen molar-refractivity contribution in [2.24, 2.45) is 11.8 Å². The number of benzene rings is 3. The zero-order valence-corrected chi connectivity index (χ0v) is 22.9. The van der Waals surface area contributed by atoms with E-state index in [0.29, 0.717) is 51.3 Å². The molecule has 2 amide bonds. The van der Waals surface area contributed by atoms with Crippen LogP contribution < -0.4 is 4.90 Å². The van der Waals surface area contributed by atoms with Crippen LogP contribution in [0.5, 0.6) is 0 Å². The summed E-state index contributed by atoms with van der Waals surface area (Å²) in [4.78, 5) is 57.8. The number of esters is 1. The maximum Gasteiger partial charge on any atom is 0.339 e. The second kappa shape index (κ2) is 10.7. The predicted molar refractivity (Wildman–Crippen MR) is 156 cm³/mol. The topological polar surface area (TPSA) is 93.6 Å². The number of aryl methyl sites for hydroxylation is 1. The van der Waals surface area contributed by atoms with Crippen molar-refractivity contribution in [2.45, 2.75) is 19.8 Å². The second-order valence-corrected chi connectivity index (χ2v) is 10.7. The number of halogens is 1. The first kappa shape index (κ1) is 26.6. The van der Waals surface area contributed by atoms with Gasteiger partial charge < -0.3 is 4.74 Å². The van der Waals surface area contributed by atoms with Crippen molar-refractivity contribution in [3.8, 4) is 11.3 Å². The van der Waals surface area contributed by atoms with E-state index in [9.17, 15) is 19.2 Å². The van der Waals surface area contributed by atoms with Gasteiger partial charge in [-0.15, -0.1) is 0 Å². The highest BCUT2D eigenvalue weighted by Gasteiger charge is 2.47. The Labute approximate surface area is 241 Å². The number of hydrogen-bond donors (Lipinski definition) is 0. The number of amides is 2. The smallest absolute Gasteiger partial charge is 0.339 e. The number of nitrogens with zero attached hydrogens (tertiary/aromatic N) is 2. The first-order valence-electron chi connectivity index (χ1n) is 13.3. The molecule has 2 aliphatic rings. The van der Waals surface area contributed by atoms with Gasteiger partial charge in [0.05, 0.1) is 39.3 Å². The molecule has 0 bridgehead atoms. The number of carbonyl (C=O) groups is 4. The minimum atomic E-state index is -0.678. The lowest BCUT2D eigenvalue weighted by Gasteiger charge is -2.16. The number of ketones is 1. The standard InChI is InChI=1S/C33H25ClN2O5/c1-19-9-11-21(12-10-19)29(37)18-41-33(40)26-17-28(35-30-23(26)7-4-8-27(30)34)20-13-15-22(16-14-20)36-31(38)24-5-2-3-6-25(24)32(36)39/h2-4,7-17,24-25H,5-6,18H2,1H3/t24-,25+. The monoisotopic (exact) mass is 564 g/mol. The highest BCUT2D eigenvalue weighted by Crippen LogP contribution is 2.38. The second-order valence-electron chi connectivity index (χ2n) is 10.3. The maximum atomic E-state index is 13.2. The van der Waals surface area contributed by atoms with E-state index in [0.717, 1.165) is 5.56 Å². The van der Waals surface area contributed by atoms with Gasteiger partial charge in [0.1, 0.15) is 0 Å². The summed E-state index contributed by atoms with van der Waals surface area (Å²) in [5.41, 5.74) is 3.70. The van der Waals surface area contributed by atoms with Crippen molar-refractivity contribution in [2.75, 3.05) is 11.5 Å². The quantitative estimate of drug-likeness (QED) is 0.117. The minimum absolute atomic E-state index is 0.182. The molecule has 1 aliphatic heterocycles. The fourth-order valence-electron chi connectivity index (χ4n) is 5.40. The fraction of sp³-hybridized carbons (Fsp3) is 0.182. The van der Waals surface area contributed by atoms with Crippen molar-refractivity contribution < 1.29 is 23.9 Å². The third-order valence-electron chi connectivity index (χ3n) is 7.65. The number of carbonyl (C=O) groups excluding carboxylic acids is 4. The van der Waals surface area contributed by atoms with Crippen LogP contribution in [0.3, 0.4) is 0 Å². The molecule has 7 nitrogen and oxygen atoms in total. The van der Waals surface area contributed by atoms with Gasteiger partial charge in [0, 0.05) is 16.5 Å². The first-order valence-corrected chi connectivity index (χ1v) is 13.7. The van der Waals surface area contributed by atoms with Gasteiger partial charge in [-0.3, -0.25) is 19.3 Å². The number of para-hydroxylation sites is 1. The summed E-state index contributed by atoms with van der Waals surface area (Å²) in [6.07, 6.45) is 5.05. The SMILES string of the molecule is Cc1ccc(C(=O)COC(=O)c2cc(-c3ccc(N4C(=O)[C@H]5CC=CC[C@H]5C4=O)cc3)nc3c(Cl)cccc23)cc1. The number of fused-ring (bicyclic) bond motifs is 2. The van der Waals surface area contributed by atoms with Crippen molar-refractivity contribution >= 4 is 51.8 Å². The summed E-state index contributed by atoms with van der Waals surface area (Å²) in [6.45, 7) is 1.51. The van der Waals surface area contributed by atoms with Gasteiger partial charge in [0.25, 0.3) is 0 Å². The van der Waals surface area contributed by atoms with Crippen LogP contribution in [0.4, 0.5) is 5.69 Å². The summed E-state index contributed by atoms with van der Waals surface area (Å²) in [5, 5.41) is 0.852. The molecule has 0 spiro atoms. The van der Waals surface area contributed by atoms with E-state index >= 15 is 0 Å². The molecule has 0 saturated carbocycles. The zero-order valence-electron chi connectivity index (χ0n) is 22.2. The van der Waals surface area contributed by atoms with Gasteiger partial charge in [-0.2, -0.15) is 0 Å². The lowest BCUT2D eigenvalue weighted by atomic mass is 9.85. The maximum absolute atomic E-state index is 13.2. The lowest BCUT2D eigenvalue weighted by molar-refractivity contribution is -0.122. The average molecular weight is 565 g/mol. The van der Waals surface area contributed by atoms with E-state index < -0.39 is 12.6 Å². The highest BCUT2D eigenvalue weighted by atomic mass is 35.5. The number of pyridine rings is 1. The van der Waals surface area contributed by atoms with Crippen LogP contribution >= 0.6 is 11.6 Å². The Morgan fingerprint density at radius 1 is 0.927 bits per heavy atom. The van der Waals surface area contributed by atoms with E-state index in [-0.39, 0.29) is 35.0 Å². The number of anilines is 1. The molecule has 2 heterocycles. The molecule has 8 heteroatoms. The van der Waals surface area contributed by atoms with Gasteiger partial charge in [-0.05, 0) is 44.0 Å². The lowest BCUT2D eigenvalue weighted by Crippen LogP contribution is -2.30. The van der Waals surface area contributed by atoms with Gasteiger partial charge in [-0.25, -0.2) is 9.78 Å². The summed E-state index contributed by atoms with van der Waals surface area (Å²) in [7, 11) is 0. The first-order chi connectivity index (χ1) is 19.8. The van der Waals surface area contributed by atoms with E-state index in [4.69, 9.17) is 21.3 Å². The molecular formula is C33H25ClN2O5. The number of allylic oxidation sites excluding steroid dienone is 2. The molecule has 3 aromatic carbocycles. The van der Waals surface area contributed by atoms with Crippen molar-refractivity contribution in [3.05, 3.63) is 107 Å². The number of ether oxygens (including phenoxy) is 1. The largest absolute Gasteiger partial charge is 0.454 e. The van der Waals surface area contributed by atoms with E-state index in [1.807, 2.05) is 31.2 Å². The molecule has 1 aromatic heterocycles. The van der Waals surface area contributed by atoms with Crippen molar-refractivity contribution in [1.82, 2.24) is 4.98 Å². The molecule has 1 aliphatic carbocycles. The Hall–Kier alpha value is -4.62. The molecular weight excluding hydrogens is 540 g/mol. The third kappa shape index (κ3) is 4.93. The number of rotatable bonds is 6. The molecule has 2 atom stereocenters. The molecule has 0 N–H and O–H groups in total. The summed E-state index contributed by atoms with van der Waals surface area (Å²) in [5.74, 6) is -1.99. The predicted octanol–water partition coefficient (Wildman–Crippen LogP) is 6.36. The highest BCUT2D eigenvalue weighted by molar-refractivity contribution is 6.35. The van der Waals surface area contributed by atoms with E-state index in [2.05, 4.69) is 0 Å². The van der Waals surface area contributed by atoms with Gasteiger partial charge in [0.15, 0.2) is 12.4 Å². The molecule has 0 radical (unpaired) electrons. The van der Waals surface area contributed by atoms with Crippen molar-refractivity contribution in [1.29, 1.82) is 0 Å². The number of aromatic nitrogens is 1. The average Bonchev–Trinajstić information content (AvgIpc) is 3.25. The van der Waals surface area contributed by atoms with Crippen LogP contribution in [0.1, 0.15) is 39.1 Å². The Morgan fingerprint density at radius 3 is 2.24 bits per heavy atom. The summed E-state index contributed by atoms with van der Waals surface area (Å²) >= 11 is 6.46. The van der Waals surface area contributed by atoms with E-state index in [1.54, 1.807) is 60.7 Å². The Kier molecular flexibility index (Phi) is 6.97. The molecule has 6 rings (SSSR count). The zero-order chi connectivity index (χ0) is 28.7. The molecule has 41 heavy (non-hydrogen) atoms. The van der Waals surface area contributed by atoms with Crippen LogP contribution in [0.2, 0.25) is 5.02 Å². The van der Waals surface area contributed by atoms with Gasteiger partial charge >= 0.3 is 5.97 Å².